The fraction of sp³-hybridized carbons (Fsp3) is 0.176. The van der Waals surface area contributed by atoms with Crippen LogP contribution in [0.15, 0.2) is 60.7 Å². The van der Waals surface area contributed by atoms with Crippen LogP contribution in [0.2, 0.25) is 0 Å². The molecule has 0 saturated carbocycles. The summed E-state index contributed by atoms with van der Waals surface area (Å²) in [6.07, 6.45) is 5.98. The lowest BCUT2D eigenvalue weighted by Crippen LogP contribution is -1.90. The molecule has 0 aromatic heterocycles. The van der Waals surface area contributed by atoms with Crippen LogP contribution >= 0.6 is 0 Å². The Bertz CT molecular complexity index is 546. The molecule has 2 rings (SSSR count). The Hall–Kier alpha value is -2.09. The molecule has 0 fully saturated rings. The highest BCUT2D eigenvalue weighted by atomic mass is 19.1. The van der Waals surface area contributed by atoms with Crippen LogP contribution in [0.5, 0.6) is 11.5 Å². The van der Waals surface area contributed by atoms with E-state index < -0.39 is 0 Å². The van der Waals surface area contributed by atoms with Crippen molar-refractivity contribution in [3.63, 3.8) is 0 Å². The summed E-state index contributed by atoms with van der Waals surface area (Å²) in [5, 5.41) is 0. The molecular weight excluding hydrogens is 239 g/mol. The van der Waals surface area contributed by atoms with Crippen LogP contribution in [-0.4, -0.2) is 0 Å². The van der Waals surface area contributed by atoms with Gasteiger partial charge in [-0.1, -0.05) is 43.3 Å². The standard InChI is InChI=1S/C17H17FO/c1-2-3-5-8-14-11-12-16(18)17(13-14)19-15-9-6-4-7-10-15/h3-7,9-13H,2,8H2,1H3. The number of benzene rings is 2. The van der Waals surface area contributed by atoms with Gasteiger partial charge in [0.05, 0.1) is 0 Å². The highest BCUT2D eigenvalue weighted by molar-refractivity contribution is 5.35. The van der Waals surface area contributed by atoms with E-state index in [-0.39, 0.29) is 11.6 Å². The molecule has 0 N–H and O–H groups in total. The van der Waals surface area contributed by atoms with Gasteiger partial charge in [-0.2, -0.15) is 0 Å². The number of hydrogen-bond acceptors (Lipinski definition) is 1. The SMILES string of the molecule is CCC=CCc1ccc(F)c(Oc2ccccc2)c1. The summed E-state index contributed by atoms with van der Waals surface area (Å²) in [5.74, 6) is 0.573. The van der Waals surface area contributed by atoms with Gasteiger partial charge in [0.15, 0.2) is 11.6 Å². The van der Waals surface area contributed by atoms with Gasteiger partial charge in [0, 0.05) is 0 Å². The van der Waals surface area contributed by atoms with E-state index in [1.807, 2.05) is 30.3 Å². The van der Waals surface area contributed by atoms with Crippen LogP contribution in [0.4, 0.5) is 4.39 Å². The molecule has 0 radical (unpaired) electrons. The summed E-state index contributed by atoms with van der Waals surface area (Å²) < 4.78 is 19.3. The van der Waals surface area contributed by atoms with E-state index in [0.717, 1.165) is 18.4 Å². The van der Waals surface area contributed by atoms with Crippen LogP contribution in [0.3, 0.4) is 0 Å². The van der Waals surface area contributed by atoms with Crippen molar-refractivity contribution >= 4 is 0 Å². The monoisotopic (exact) mass is 256 g/mol. The molecule has 2 aromatic carbocycles. The van der Waals surface area contributed by atoms with E-state index in [9.17, 15) is 4.39 Å². The average Bonchev–Trinajstić information content (AvgIpc) is 2.44. The van der Waals surface area contributed by atoms with E-state index in [4.69, 9.17) is 4.74 Å². The fourth-order valence-corrected chi connectivity index (χ4v) is 1.75. The molecular formula is C17H17FO. The number of allylic oxidation sites excluding steroid dienone is 2. The van der Waals surface area contributed by atoms with Gasteiger partial charge in [0.1, 0.15) is 5.75 Å². The van der Waals surface area contributed by atoms with E-state index in [1.165, 1.54) is 6.07 Å². The van der Waals surface area contributed by atoms with Gasteiger partial charge in [0.25, 0.3) is 0 Å². The summed E-state index contributed by atoms with van der Waals surface area (Å²) in [6, 6.07) is 14.2. The van der Waals surface area contributed by atoms with E-state index in [1.54, 1.807) is 12.1 Å². The first kappa shape index (κ1) is 13.3. The quantitative estimate of drug-likeness (QED) is 0.674. The lowest BCUT2D eigenvalue weighted by Gasteiger charge is -2.08. The lowest BCUT2D eigenvalue weighted by molar-refractivity contribution is 0.441. The molecule has 0 aliphatic heterocycles. The van der Waals surface area contributed by atoms with Crippen molar-refractivity contribution in [1.82, 2.24) is 0 Å². The van der Waals surface area contributed by atoms with Crippen molar-refractivity contribution in [2.45, 2.75) is 19.8 Å². The summed E-state index contributed by atoms with van der Waals surface area (Å²) in [5.41, 5.74) is 1.04. The predicted molar refractivity (Wildman–Crippen MR) is 76.1 cm³/mol. The van der Waals surface area contributed by atoms with Crippen molar-refractivity contribution in [2.75, 3.05) is 0 Å². The van der Waals surface area contributed by atoms with Gasteiger partial charge in [-0.25, -0.2) is 4.39 Å². The molecule has 1 nitrogen and oxygen atoms in total. The molecule has 0 atom stereocenters. The minimum absolute atomic E-state index is 0.272. The minimum atomic E-state index is -0.341. The van der Waals surface area contributed by atoms with Gasteiger partial charge in [-0.3, -0.25) is 0 Å². The summed E-state index contributed by atoms with van der Waals surface area (Å²) >= 11 is 0. The minimum Gasteiger partial charge on any atom is -0.454 e. The smallest absolute Gasteiger partial charge is 0.165 e. The number of rotatable bonds is 5. The Labute approximate surface area is 113 Å². The predicted octanol–water partition coefficient (Wildman–Crippen LogP) is 5.13. The zero-order valence-corrected chi connectivity index (χ0v) is 11.0. The molecule has 19 heavy (non-hydrogen) atoms. The van der Waals surface area contributed by atoms with Crippen LogP contribution in [0.25, 0.3) is 0 Å². The van der Waals surface area contributed by atoms with Crippen LogP contribution in [-0.2, 0) is 6.42 Å². The third-order valence-electron chi connectivity index (χ3n) is 2.72. The maximum Gasteiger partial charge on any atom is 0.165 e. The van der Waals surface area contributed by atoms with Crippen LogP contribution < -0.4 is 4.74 Å². The van der Waals surface area contributed by atoms with E-state index in [2.05, 4.69) is 19.1 Å². The Balaban J connectivity index is 2.15. The topological polar surface area (TPSA) is 9.23 Å². The van der Waals surface area contributed by atoms with Crippen LogP contribution in [0.1, 0.15) is 18.9 Å². The zero-order valence-electron chi connectivity index (χ0n) is 11.0. The first-order valence-corrected chi connectivity index (χ1v) is 6.46. The largest absolute Gasteiger partial charge is 0.454 e. The van der Waals surface area contributed by atoms with Crippen molar-refractivity contribution in [3.8, 4) is 11.5 Å². The zero-order chi connectivity index (χ0) is 13.5. The number of para-hydroxylation sites is 1. The van der Waals surface area contributed by atoms with Gasteiger partial charge in [-0.15, -0.1) is 0 Å². The second kappa shape index (κ2) is 6.74. The van der Waals surface area contributed by atoms with E-state index >= 15 is 0 Å². The number of halogens is 1. The molecule has 0 aliphatic carbocycles. The number of ether oxygens (including phenoxy) is 1. The first-order chi connectivity index (χ1) is 9.29. The molecule has 0 heterocycles. The van der Waals surface area contributed by atoms with Crippen LogP contribution in [0, 0.1) is 5.82 Å². The second-order valence-corrected chi connectivity index (χ2v) is 4.26. The third-order valence-corrected chi connectivity index (χ3v) is 2.72. The van der Waals surface area contributed by atoms with Crippen molar-refractivity contribution in [3.05, 3.63) is 72.1 Å². The Morgan fingerprint density at radius 2 is 1.84 bits per heavy atom. The maximum atomic E-state index is 13.7. The molecule has 2 aromatic rings. The molecule has 0 spiro atoms. The Morgan fingerprint density at radius 3 is 2.58 bits per heavy atom. The van der Waals surface area contributed by atoms with Gasteiger partial charge in [0.2, 0.25) is 0 Å². The third kappa shape index (κ3) is 3.95. The van der Waals surface area contributed by atoms with Crippen molar-refractivity contribution in [2.24, 2.45) is 0 Å². The van der Waals surface area contributed by atoms with Crippen molar-refractivity contribution < 1.29 is 9.13 Å². The second-order valence-electron chi connectivity index (χ2n) is 4.26. The normalized spacial score (nSPS) is 10.8. The van der Waals surface area contributed by atoms with Gasteiger partial charge < -0.3 is 4.74 Å². The van der Waals surface area contributed by atoms with Gasteiger partial charge >= 0.3 is 0 Å². The van der Waals surface area contributed by atoms with Gasteiger partial charge in [-0.05, 0) is 42.7 Å². The maximum absolute atomic E-state index is 13.7. The summed E-state index contributed by atoms with van der Waals surface area (Å²) in [4.78, 5) is 0. The first-order valence-electron chi connectivity index (χ1n) is 6.46. The average molecular weight is 256 g/mol. The molecule has 0 saturated heterocycles. The highest BCUT2D eigenvalue weighted by Gasteiger charge is 2.05. The molecule has 0 unspecified atom stereocenters. The molecule has 2 heteroatoms. The molecule has 0 bridgehead atoms. The lowest BCUT2D eigenvalue weighted by atomic mass is 10.1. The molecule has 0 amide bonds. The summed E-state index contributed by atoms with van der Waals surface area (Å²) in [6.45, 7) is 2.09. The molecule has 98 valence electrons. The summed E-state index contributed by atoms with van der Waals surface area (Å²) in [7, 11) is 0. The van der Waals surface area contributed by atoms with E-state index in [0.29, 0.717) is 5.75 Å². The number of hydrogen-bond donors (Lipinski definition) is 0. The Kier molecular flexibility index (Phi) is 4.73. The van der Waals surface area contributed by atoms with Crippen molar-refractivity contribution in [1.29, 1.82) is 0 Å². The molecule has 0 aliphatic rings. The highest BCUT2D eigenvalue weighted by Crippen LogP contribution is 2.25. The Morgan fingerprint density at radius 1 is 1.05 bits per heavy atom. The fourth-order valence-electron chi connectivity index (χ4n) is 1.75.